The maximum absolute atomic E-state index is 13.3. The largest absolute Gasteiger partial charge is 0.229 e. The van der Waals surface area contributed by atoms with Crippen molar-refractivity contribution in [2.24, 2.45) is 0 Å². The van der Waals surface area contributed by atoms with Gasteiger partial charge in [-0.25, -0.2) is 18.7 Å². The molecule has 0 aliphatic heterocycles. The van der Waals surface area contributed by atoms with Gasteiger partial charge >= 0.3 is 0 Å². The number of hydrogen-bond donors (Lipinski definition) is 0. The molecule has 0 atom stereocenters. The first kappa shape index (κ1) is 13.5. The molecule has 0 radical (unpaired) electrons. The molecule has 2 nitrogen and oxygen atoms in total. The van der Waals surface area contributed by atoms with E-state index in [1.807, 2.05) is 0 Å². The minimum absolute atomic E-state index is 0.234. The van der Waals surface area contributed by atoms with E-state index in [4.69, 9.17) is 0 Å². The van der Waals surface area contributed by atoms with E-state index in [1.165, 1.54) is 0 Å². The van der Waals surface area contributed by atoms with Crippen LogP contribution in [0.3, 0.4) is 0 Å². The van der Waals surface area contributed by atoms with Gasteiger partial charge < -0.3 is 0 Å². The zero-order valence-corrected chi connectivity index (χ0v) is 10.6. The van der Waals surface area contributed by atoms with Crippen molar-refractivity contribution < 1.29 is 17.6 Å². The molecule has 2 heterocycles. The van der Waals surface area contributed by atoms with Crippen LogP contribution < -0.4 is 0 Å². The van der Waals surface area contributed by atoms with Gasteiger partial charge in [-0.3, -0.25) is 0 Å². The van der Waals surface area contributed by atoms with Gasteiger partial charge in [0.15, 0.2) is 11.6 Å². The average Bonchev–Trinajstić information content (AvgIpc) is 2.38. The molecule has 0 N–H and O–H groups in total. The fourth-order valence-electron chi connectivity index (χ4n) is 1.19. The molecule has 0 aromatic carbocycles. The second kappa shape index (κ2) is 5.36. The molecule has 2 aromatic rings. The average molecular weight is 331 g/mol. The summed E-state index contributed by atoms with van der Waals surface area (Å²) in [7, 11) is 0. The SMILES string of the molecule is Fc1cc(C#Cc2c(F)ncc(F)c2Br)c(F)cn1. The Balaban J connectivity index is 2.51. The lowest BCUT2D eigenvalue weighted by molar-refractivity contribution is 0.552. The van der Waals surface area contributed by atoms with E-state index in [9.17, 15) is 17.6 Å². The molecule has 96 valence electrons. The Hall–Kier alpha value is -1.94. The predicted octanol–water partition coefficient (Wildman–Crippen LogP) is 3.20. The van der Waals surface area contributed by atoms with Crippen molar-refractivity contribution in [2.45, 2.75) is 0 Å². The highest BCUT2D eigenvalue weighted by Gasteiger charge is 2.11. The second-order valence-electron chi connectivity index (χ2n) is 3.32. The number of pyridine rings is 2. The zero-order chi connectivity index (χ0) is 14.0. The van der Waals surface area contributed by atoms with Gasteiger partial charge in [0.25, 0.3) is 0 Å². The Morgan fingerprint density at radius 1 is 0.947 bits per heavy atom. The third-order valence-corrected chi connectivity index (χ3v) is 2.85. The fraction of sp³-hybridized carbons (Fsp3) is 0. The molecular weight excluding hydrogens is 328 g/mol. The van der Waals surface area contributed by atoms with E-state index in [0.717, 1.165) is 6.07 Å². The quantitative estimate of drug-likeness (QED) is 0.421. The summed E-state index contributed by atoms with van der Waals surface area (Å²) in [6, 6.07) is 0.751. The van der Waals surface area contributed by atoms with Crippen LogP contribution in [0.15, 0.2) is 22.9 Å². The highest BCUT2D eigenvalue weighted by Crippen LogP contribution is 2.21. The van der Waals surface area contributed by atoms with E-state index < -0.39 is 23.5 Å². The lowest BCUT2D eigenvalue weighted by atomic mass is 10.2. The van der Waals surface area contributed by atoms with E-state index in [1.54, 1.807) is 0 Å². The van der Waals surface area contributed by atoms with Gasteiger partial charge in [0, 0.05) is 6.07 Å². The maximum Gasteiger partial charge on any atom is 0.229 e. The van der Waals surface area contributed by atoms with E-state index in [0.29, 0.717) is 12.4 Å². The fourth-order valence-corrected chi connectivity index (χ4v) is 1.55. The van der Waals surface area contributed by atoms with Crippen molar-refractivity contribution >= 4 is 15.9 Å². The van der Waals surface area contributed by atoms with E-state index in [2.05, 4.69) is 37.7 Å². The molecule has 0 bridgehead atoms. The van der Waals surface area contributed by atoms with Crippen molar-refractivity contribution in [3.63, 3.8) is 0 Å². The summed E-state index contributed by atoms with van der Waals surface area (Å²) in [5.74, 6) is 0.770. The van der Waals surface area contributed by atoms with Gasteiger partial charge in [0.1, 0.15) is 0 Å². The summed E-state index contributed by atoms with van der Waals surface area (Å²) in [5, 5.41) is 0. The monoisotopic (exact) mass is 330 g/mol. The van der Waals surface area contributed by atoms with E-state index >= 15 is 0 Å². The van der Waals surface area contributed by atoms with Crippen LogP contribution in [0.1, 0.15) is 11.1 Å². The Labute approximate surface area is 113 Å². The number of nitrogens with zero attached hydrogens (tertiary/aromatic N) is 2. The summed E-state index contributed by atoms with van der Waals surface area (Å²) < 4.78 is 52.2. The van der Waals surface area contributed by atoms with Crippen molar-refractivity contribution in [3.05, 3.63) is 57.6 Å². The number of rotatable bonds is 0. The van der Waals surface area contributed by atoms with Crippen LogP contribution in [-0.2, 0) is 0 Å². The summed E-state index contributed by atoms with van der Waals surface area (Å²) in [6.45, 7) is 0. The molecule has 0 fully saturated rings. The van der Waals surface area contributed by atoms with Gasteiger partial charge in [0.05, 0.1) is 28.0 Å². The van der Waals surface area contributed by atoms with Crippen LogP contribution in [0.5, 0.6) is 0 Å². The third-order valence-electron chi connectivity index (χ3n) is 2.07. The lowest BCUT2D eigenvalue weighted by Gasteiger charge is -1.98. The molecule has 0 aliphatic carbocycles. The van der Waals surface area contributed by atoms with Crippen molar-refractivity contribution in [2.75, 3.05) is 0 Å². The molecule has 7 heteroatoms. The standard InChI is InChI=1S/C12H3BrF4N2/c13-11-7(12(17)19-5-9(11)15)2-1-6-3-10(16)18-4-8(6)14/h3-5H. The molecule has 2 rings (SSSR count). The number of halogens is 5. The molecule has 0 saturated carbocycles. The smallest absolute Gasteiger partial charge is 0.225 e. The molecule has 19 heavy (non-hydrogen) atoms. The Morgan fingerprint density at radius 2 is 1.63 bits per heavy atom. The Morgan fingerprint density at radius 3 is 2.37 bits per heavy atom. The second-order valence-corrected chi connectivity index (χ2v) is 4.12. The summed E-state index contributed by atoms with van der Waals surface area (Å²) in [6.07, 6.45) is 1.33. The topological polar surface area (TPSA) is 25.8 Å². The van der Waals surface area contributed by atoms with Crippen LogP contribution in [-0.4, -0.2) is 9.97 Å². The first-order valence-electron chi connectivity index (χ1n) is 4.81. The Kier molecular flexibility index (Phi) is 3.81. The molecule has 2 aromatic heterocycles. The van der Waals surface area contributed by atoms with Crippen LogP contribution in [0, 0.1) is 35.4 Å². The van der Waals surface area contributed by atoms with Gasteiger partial charge in [-0.2, -0.15) is 8.78 Å². The van der Waals surface area contributed by atoms with Crippen molar-refractivity contribution in [3.8, 4) is 11.8 Å². The van der Waals surface area contributed by atoms with Gasteiger partial charge in [-0.15, -0.1) is 0 Å². The molecule has 0 saturated heterocycles. The highest BCUT2D eigenvalue weighted by atomic mass is 79.9. The predicted molar refractivity (Wildman–Crippen MR) is 62.0 cm³/mol. The zero-order valence-electron chi connectivity index (χ0n) is 9.02. The molecule has 0 unspecified atom stereocenters. The summed E-state index contributed by atoms with van der Waals surface area (Å²) in [5.41, 5.74) is -0.695. The van der Waals surface area contributed by atoms with Gasteiger partial charge in [0.2, 0.25) is 11.9 Å². The van der Waals surface area contributed by atoms with Gasteiger partial charge in [-0.1, -0.05) is 11.8 Å². The highest BCUT2D eigenvalue weighted by molar-refractivity contribution is 9.10. The van der Waals surface area contributed by atoms with Crippen LogP contribution in [0.2, 0.25) is 0 Å². The minimum Gasteiger partial charge on any atom is -0.225 e. The van der Waals surface area contributed by atoms with Gasteiger partial charge in [-0.05, 0) is 15.9 Å². The van der Waals surface area contributed by atoms with Crippen LogP contribution >= 0.6 is 15.9 Å². The molecular formula is C12H3BrF4N2. The lowest BCUT2D eigenvalue weighted by Crippen LogP contribution is -1.95. The van der Waals surface area contributed by atoms with Crippen molar-refractivity contribution in [1.29, 1.82) is 0 Å². The minimum atomic E-state index is -1.02. The molecule has 0 spiro atoms. The number of aromatic nitrogens is 2. The van der Waals surface area contributed by atoms with Crippen LogP contribution in [0.4, 0.5) is 17.6 Å². The first-order valence-corrected chi connectivity index (χ1v) is 5.61. The van der Waals surface area contributed by atoms with E-state index in [-0.39, 0.29) is 15.6 Å². The summed E-state index contributed by atoms with van der Waals surface area (Å²) >= 11 is 2.80. The Bertz CT molecular complexity index is 707. The van der Waals surface area contributed by atoms with Crippen molar-refractivity contribution in [1.82, 2.24) is 9.97 Å². The first-order chi connectivity index (χ1) is 8.99. The summed E-state index contributed by atoms with van der Waals surface area (Å²) in [4.78, 5) is 6.22. The third kappa shape index (κ3) is 2.90. The normalized spacial score (nSPS) is 9.95. The number of hydrogen-bond acceptors (Lipinski definition) is 2. The molecule has 0 amide bonds. The maximum atomic E-state index is 13.3. The van der Waals surface area contributed by atoms with Crippen LogP contribution in [0.25, 0.3) is 0 Å². The molecule has 0 aliphatic rings.